The van der Waals surface area contributed by atoms with Crippen molar-refractivity contribution in [1.82, 2.24) is 14.7 Å². The molecule has 0 radical (unpaired) electrons. The number of aliphatic hydroxyl groups excluding tert-OH is 2. The number of alkyl halides is 6. The molecular weight excluding hydrogens is 1420 g/mol. The van der Waals surface area contributed by atoms with Gasteiger partial charge in [-0.3, -0.25) is 19.2 Å². The number of allylic oxidation sites excluding steroid dienone is 1. The Bertz CT molecular complexity index is 3680. The van der Waals surface area contributed by atoms with E-state index in [-0.39, 0.29) is 43.2 Å². The lowest BCUT2D eigenvalue weighted by molar-refractivity contribution is -0.148. The highest BCUT2D eigenvalue weighted by atomic mass is 32.1. The molecule has 568 valence electrons. The number of aryl methyl sites for hydroxylation is 6. The van der Waals surface area contributed by atoms with Gasteiger partial charge < -0.3 is 39.1 Å². The van der Waals surface area contributed by atoms with E-state index in [9.17, 15) is 70.1 Å². The Labute approximate surface area is 624 Å². The maximum atomic E-state index is 14.2. The second-order valence-corrected chi connectivity index (χ2v) is 30.5. The van der Waals surface area contributed by atoms with Crippen molar-refractivity contribution in [3.05, 3.63) is 210 Å². The lowest BCUT2D eigenvalue weighted by Gasteiger charge is -2.22. The lowest BCUT2D eigenvalue weighted by atomic mass is 9.95. The third kappa shape index (κ3) is 25.9. The number of carbonyl (C=O) groups excluding carboxylic acids is 7. The summed E-state index contributed by atoms with van der Waals surface area (Å²) in [6.45, 7) is 6.23. The Morgan fingerprint density at radius 3 is 1.04 bits per heavy atom. The first-order chi connectivity index (χ1) is 50.1. The van der Waals surface area contributed by atoms with Crippen molar-refractivity contribution in [2.24, 2.45) is 17.8 Å². The number of halogens is 6. The van der Waals surface area contributed by atoms with Gasteiger partial charge in [0.1, 0.15) is 14.6 Å². The Morgan fingerprint density at radius 1 is 0.438 bits per heavy atom. The standard InChI is InChI=1S/2C27H33F2NO4S.C27H31F2NO4S/c3*1-19(8-6-11-20-9-4-3-5-10-20)23(31)15-13-21-18-27(28,29)26(33)30(21)17-7-12-22-14-16-24(35-22)25(32)34-2/h2*3-5,9-10,13-16,19,21,23,31H,6-8,11-12,17-18H2,1-2H3;3-5,9-10,13-16,19,21H,6-8,11-12,17-18H2,1-2H3/b3*15-13+/t19-,21+,23+;19-,21+,23-;19-,21+/m111/s1. The Kier molecular flexibility index (Phi) is 33.0. The van der Waals surface area contributed by atoms with Crippen LogP contribution in [0.15, 0.2) is 164 Å². The van der Waals surface area contributed by atoms with E-state index in [1.807, 2.05) is 87.5 Å². The highest BCUT2D eigenvalue weighted by Crippen LogP contribution is 2.38. The van der Waals surface area contributed by atoms with Crippen LogP contribution in [0.25, 0.3) is 0 Å². The summed E-state index contributed by atoms with van der Waals surface area (Å²) in [5.41, 5.74) is 3.71. The summed E-state index contributed by atoms with van der Waals surface area (Å²) in [7, 11) is 3.94. The van der Waals surface area contributed by atoms with Crippen LogP contribution in [0.1, 0.15) is 158 Å². The van der Waals surface area contributed by atoms with Crippen LogP contribution in [0.2, 0.25) is 0 Å². The molecule has 0 saturated carbocycles. The number of ether oxygens (including phenoxy) is 3. The van der Waals surface area contributed by atoms with Crippen LogP contribution in [-0.2, 0) is 71.9 Å². The Balaban J connectivity index is 0.000000220. The summed E-state index contributed by atoms with van der Waals surface area (Å²) in [5, 5.41) is 21.1. The monoisotopic (exact) mass is 1510 g/mol. The van der Waals surface area contributed by atoms with Gasteiger partial charge in [-0.15, -0.1) is 34.0 Å². The van der Waals surface area contributed by atoms with Crippen molar-refractivity contribution in [2.75, 3.05) is 41.0 Å². The van der Waals surface area contributed by atoms with Crippen molar-refractivity contribution in [1.29, 1.82) is 0 Å². The van der Waals surface area contributed by atoms with Crippen LogP contribution in [0, 0.1) is 17.8 Å². The van der Waals surface area contributed by atoms with Gasteiger partial charge in [0, 0.05) is 59.4 Å². The number of ketones is 1. The summed E-state index contributed by atoms with van der Waals surface area (Å²) < 4.78 is 99.2. The number of nitrogens with zero attached hydrogens (tertiary/aromatic N) is 3. The third-order valence-electron chi connectivity index (χ3n) is 19.0. The second kappa shape index (κ2) is 41.2. The van der Waals surface area contributed by atoms with E-state index in [1.165, 1.54) is 98.9 Å². The van der Waals surface area contributed by atoms with E-state index in [0.717, 1.165) is 66.0 Å². The van der Waals surface area contributed by atoms with E-state index in [4.69, 9.17) is 14.2 Å². The first-order valence-corrected chi connectivity index (χ1v) is 38.2. The third-order valence-corrected chi connectivity index (χ3v) is 22.4. The summed E-state index contributed by atoms with van der Waals surface area (Å²) in [6.07, 6.45) is 16.6. The van der Waals surface area contributed by atoms with Crippen LogP contribution in [-0.4, -0.2) is 155 Å². The van der Waals surface area contributed by atoms with Crippen molar-refractivity contribution in [3.63, 3.8) is 0 Å². The van der Waals surface area contributed by atoms with Crippen molar-refractivity contribution in [2.45, 2.75) is 184 Å². The average molecular weight is 1510 g/mol. The number of amides is 3. The number of carbonyl (C=O) groups is 7. The molecule has 3 fully saturated rings. The molecule has 0 spiro atoms. The number of esters is 3. The predicted octanol–water partition coefficient (Wildman–Crippen LogP) is 16.0. The molecule has 0 bridgehead atoms. The maximum Gasteiger partial charge on any atom is 0.348 e. The Morgan fingerprint density at radius 2 is 0.733 bits per heavy atom. The maximum absolute atomic E-state index is 14.2. The zero-order valence-electron chi connectivity index (χ0n) is 60.4. The number of benzene rings is 3. The van der Waals surface area contributed by atoms with Gasteiger partial charge >= 0.3 is 35.7 Å². The Hall–Kier alpha value is -8.03. The van der Waals surface area contributed by atoms with E-state index in [1.54, 1.807) is 48.6 Å². The second-order valence-electron chi connectivity index (χ2n) is 27.0. The van der Waals surface area contributed by atoms with Gasteiger partial charge in [-0.2, -0.15) is 26.3 Å². The molecule has 6 aromatic rings. The van der Waals surface area contributed by atoms with E-state index in [0.29, 0.717) is 59.6 Å². The highest BCUT2D eigenvalue weighted by molar-refractivity contribution is 7.14. The molecule has 2 N–H and O–H groups in total. The molecule has 15 nitrogen and oxygen atoms in total. The normalized spacial score (nSPS) is 18.9. The number of rotatable bonds is 36. The molecule has 3 saturated heterocycles. The molecule has 24 heteroatoms. The molecule has 0 unspecified atom stereocenters. The van der Waals surface area contributed by atoms with Crippen molar-refractivity contribution >= 4 is 75.4 Å². The number of aliphatic hydroxyl groups is 2. The fourth-order valence-electron chi connectivity index (χ4n) is 12.7. The van der Waals surface area contributed by atoms with Gasteiger partial charge in [0.15, 0.2) is 5.78 Å². The largest absolute Gasteiger partial charge is 0.465 e. The molecule has 3 amide bonds. The van der Waals surface area contributed by atoms with Crippen LogP contribution in [0.3, 0.4) is 0 Å². The van der Waals surface area contributed by atoms with Crippen LogP contribution in [0.5, 0.6) is 0 Å². The molecule has 9 rings (SSSR count). The van der Waals surface area contributed by atoms with Crippen LogP contribution < -0.4 is 0 Å². The predicted molar refractivity (Wildman–Crippen MR) is 397 cm³/mol. The molecule has 0 aliphatic carbocycles. The van der Waals surface area contributed by atoms with Gasteiger partial charge in [0.2, 0.25) is 0 Å². The van der Waals surface area contributed by atoms with E-state index >= 15 is 0 Å². The molecule has 3 aliphatic heterocycles. The zero-order chi connectivity index (χ0) is 76.3. The fourth-order valence-corrected chi connectivity index (χ4v) is 15.6. The quantitative estimate of drug-likeness (QED) is 0.0124. The number of likely N-dealkylation sites (tertiary alicyclic amines) is 3. The van der Waals surface area contributed by atoms with Gasteiger partial charge in [-0.05, 0) is 167 Å². The van der Waals surface area contributed by atoms with Gasteiger partial charge in [0.25, 0.3) is 17.7 Å². The topological polar surface area (TPSA) is 197 Å². The van der Waals surface area contributed by atoms with Crippen molar-refractivity contribution < 1.29 is 84.3 Å². The SMILES string of the molecule is COC(=O)c1ccc(CCCN2C(=O)C(F)(F)C[C@@H]2/C=C/C(=O)[C@H](C)CCCc2ccccc2)s1.COC(=O)c1ccc(CCCN2C(=O)C(F)(F)C[C@@H]2/C=C/[C@@H](O)[C@H](C)CCCc2ccccc2)s1.COC(=O)c1ccc(CCCN2C(=O)C(F)(F)C[C@@H]2/C=C/[C@H](O)[C@H](C)CCCc2ccccc2)s1. The van der Waals surface area contributed by atoms with Crippen LogP contribution >= 0.6 is 34.0 Å². The molecular formula is C81H97F6N3O12S3. The minimum absolute atomic E-state index is 0.0242. The van der Waals surface area contributed by atoms with Crippen molar-refractivity contribution in [3.8, 4) is 0 Å². The summed E-state index contributed by atoms with van der Waals surface area (Å²) in [6, 6.07) is 38.4. The van der Waals surface area contributed by atoms with Gasteiger partial charge in [0.05, 0.1) is 51.7 Å². The van der Waals surface area contributed by atoms with Crippen LogP contribution in [0.4, 0.5) is 26.3 Å². The fraction of sp³-hybridized carbons (Fsp3) is 0.469. The number of methoxy groups -OCH3 is 3. The van der Waals surface area contributed by atoms with Gasteiger partial charge in [-0.25, -0.2) is 14.4 Å². The van der Waals surface area contributed by atoms with E-state index in [2.05, 4.69) is 36.4 Å². The molecule has 8 atom stereocenters. The first kappa shape index (κ1) is 84.2. The summed E-state index contributed by atoms with van der Waals surface area (Å²) in [4.78, 5) is 91.9. The summed E-state index contributed by atoms with van der Waals surface area (Å²) >= 11 is 3.88. The first-order valence-electron chi connectivity index (χ1n) is 35.8. The van der Waals surface area contributed by atoms with Gasteiger partial charge in [-0.1, -0.05) is 142 Å². The smallest absolute Gasteiger partial charge is 0.348 e. The number of hydrogen-bond donors (Lipinski definition) is 2. The zero-order valence-corrected chi connectivity index (χ0v) is 62.8. The minimum atomic E-state index is -3.43. The molecule has 3 aromatic heterocycles. The lowest BCUT2D eigenvalue weighted by Crippen LogP contribution is -2.36. The number of hydrogen-bond acceptors (Lipinski definition) is 15. The van der Waals surface area contributed by atoms with E-state index < -0.39 is 103 Å². The molecule has 3 aromatic carbocycles. The average Bonchev–Trinajstić information content (AvgIpc) is 1.66. The highest BCUT2D eigenvalue weighted by Gasteiger charge is 2.54. The molecule has 105 heavy (non-hydrogen) atoms. The minimum Gasteiger partial charge on any atom is -0.465 e. The summed E-state index contributed by atoms with van der Waals surface area (Å²) in [5.74, 6) is -15.4. The number of thiophene rings is 3. The molecule has 3 aliphatic rings. The molecule has 6 heterocycles.